The van der Waals surface area contributed by atoms with Gasteiger partial charge in [0, 0.05) is 11.6 Å². The first kappa shape index (κ1) is 16.7. The molecule has 1 aromatic carbocycles. The van der Waals surface area contributed by atoms with E-state index >= 15 is 0 Å². The van der Waals surface area contributed by atoms with E-state index in [2.05, 4.69) is 5.32 Å². The summed E-state index contributed by atoms with van der Waals surface area (Å²) in [7, 11) is 0. The predicted molar refractivity (Wildman–Crippen MR) is 89.1 cm³/mol. The average molecular weight is 384 g/mol. The maximum atomic E-state index is 12.4. The topological polar surface area (TPSA) is 81.7 Å². The number of nitrogens with one attached hydrogen (secondary N) is 1. The number of amides is 1. The number of fused-ring (bicyclic) bond motifs is 1. The standard InChI is InChI=1S/C17H15Cl2NO5/c18-10-2-1-8(5-11(10)19)20-13(21)6-24-16(22)14-7-3-9-12(4-7)25-17(23)15(9)14/h1-2,5,7,9,12,14-15H,3-4,6H2,(H,20,21)/t7-,9+,12+,14-,15-/m1/s1. The van der Waals surface area contributed by atoms with Crippen LogP contribution in [0.15, 0.2) is 18.2 Å². The zero-order valence-corrected chi connectivity index (χ0v) is 14.5. The Labute approximate surface area is 153 Å². The molecular weight excluding hydrogens is 369 g/mol. The Hall–Kier alpha value is -1.79. The lowest BCUT2D eigenvalue weighted by atomic mass is 9.80. The Morgan fingerprint density at radius 3 is 2.80 bits per heavy atom. The second-order valence-corrected chi connectivity index (χ2v) is 7.52. The van der Waals surface area contributed by atoms with E-state index < -0.39 is 30.3 Å². The molecular formula is C17H15Cl2NO5. The second kappa shape index (κ2) is 6.18. The van der Waals surface area contributed by atoms with Crippen molar-refractivity contribution in [1.82, 2.24) is 0 Å². The molecule has 0 spiro atoms. The van der Waals surface area contributed by atoms with Crippen LogP contribution in [0, 0.1) is 23.7 Å². The van der Waals surface area contributed by atoms with Crippen LogP contribution in [0.25, 0.3) is 0 Å². The van der Waals surface area contributed by atoms with Crippen LogP contribution in [0.3, 0.4) is 0 Å². The summed E-state index contributed by atoms with van der Waals surface area (Å²) >= 11 is 11.7. The molecule has 4 rings (SSSR count). The summed E-state index contributed by atoms with van der Waals surface area (Å²) in [5.74, 6) is -1.96. The molecule has 1 aromatic rings. The smallest absolute Gasteiger partial charge is 0.310 e. The van der Waals surface area contributed by atoms with Gasteiger partial charge in [-0.25, -0.2) is 0 Å². The molecule has 25 heavy (non-hydrogen) atoms. The third-order valence-electron chi connectivity index (χ3n) is 5.30. The minimum Gasteiger partial charge on any atom is -0.462 e. The molecule has 132 valence electrons. The minimum atomic E-state index is -0.501. The molecule has 3 fully saturated rings. The van der Waals surface area contributed by atoms with Crippen LogP contribution < -0.4 is 5.32 Å². The monoisotopic (exact) mass is 383 g/mol. The van der Waals surface area contributed by atoms with Crippen LogP contribution >= 0.6 is 23.2 Å². The fraction of sp³-hybridized carbons (Fsp3) is 0.471. The van der Waals surface area contributed by atoms with Crippen LogP contribution in [0.4, 0.5) is 5.69 Å². The molecule has 5 atom stereocenters. The zero-order chi connectivity index (χ0) is 17.7. The number of carbonyl (C=O) groups is 3. The summed E-state index contributed by atoms with van der Waals surface area (Å²) in [6.45, 7) is -0.418. The van der Waals surface area contributed by atoms with Crippen LogP contribution in [0.1, 0.15) is 12.8 Å². The van der Waals surface area contributed by atoms with E-state index in [-0.39, 0.29) is 23.9 Å². The maximum Gasteiger partial charge on any atom is 0.310 e. The highest BCUT2D eigenvalue weighted by atomic mass is 35.5. The Kier molecular flexibility index (Phi) is 4.12. The number of esters is 2. The fourth-order valence-corrected chi connectivity index (χ4v) is 4.63. The zero-order valence-electron chi connectivity index (χ0n) is 13.0. The van der Waals surface area contributed by atoms with Gasteiger partial charge in [-0.05, 0) is 37.0 Å². The summed E-state index contributed by atoms with van der Waals surface area (Å²) < 4.78 is 10.4. The summed E-state index contributed by atoms with van der Waals surface area (Å²) in [6.07, 6.45) is 1.49. The first-order chi connectivity index (χ1) is 11.9. The van der Waals surface area contributed by atoms with Crippen LogP contribution in [-0.4, -0.2) is 30.6 Å². The number of anilines is 1. The van der Waals surface area contributed by atoms with Gasteiger partial charge in [0.2, 0.25) is 0 Å². The number of hydrogen-bond acceptors (Lipinski definition) is 5. The van der Waals surface area contributed by atoms with Gasteiger partial charge in [-0.2, -0.15) is 0 Å². The summed E-state index contributed by atoms with van der Waals surface area (Å²) in [6, 6.07) is 4.66. The van der Waals surface area contributed by atoms with E-state index in [9.17, 15) is 14.4 Å². The minimum absolute atomic E-state index is 0.0375. The van der Waals surface area contributed by atoms with E-state index in [0.29, 0.717) is 22.2 Å². The number of ether oxygens (including phenoxy) is 2. The summed E-state index contributed by atoms with van der Waals surface area (Å²) in [5, 5.41) is 3.27. The normalized spacial score (nSPS) is 31.8. The number of carbonyl (C=O) groups excluding carboxylic acids is 3. The van der Waals surface area contributed by atoms with E-state index in [1.165, 1.54) is 6.07 Å². The van der Waals surface area contributed by atoms with Crippen molar-refractivity contribution in [1.29, 1.82) is 0 Å². The summed E-state index contributed by atoms with van der Waals surface area (Å²) in [5.41, 5.74) is 0.456. The molecule has 1 saturated heterocycles. The average Bonchev–Trinajstić information content (AvgIpc) is 3.18. The molecule has 0 aromatic heterocycles. The fourth-order valence-electron chi connectivity index (χ4n) is 4.33. The van der Waals surface area contributed by atoms with Gasteiger partial charge in [0.15, 0.2) is 6.61 Å². The molecule has 1 N–H and O–H groups in total. The first-order valence-electron chi connectivity index (χ1n) is 8.06. The molecule has 1 heterocycles. The highest BCUT2D eigenvalue weighted by Gasteiger charge is 2.64. The lowest BCUT2D eigenvalue weighted by Gasteiger charge is -2.22. The van der Waals surface area contributed by atoms with Crippen molar-refractivity contribution in [3.8, 4) is 0 Å². The number of halogens is 2. The third kappa shape index (κ3) is 2.87. The van der Waals surface area contributed by atoms with Crippen molar-refractivity contribution in [2.24, 2.45) is 23.7 Å². The first-order valence-corrected chi connectivity index (χ1v) is 8.81. The number of rotatable bonds is 4. The molecule has 2 bridgehead atoms. The summed E-state index contributed by atoms with van der Waals surface area (Å²) in [4.78, 5) is 36.2. The quantitative estimate of drug-likeness (QED) is 0.808. The Morgan fingerprint density at radius 2 is 2.04 bits per heavy atom. The van der Waals surface area contributed by atoms with Crippen molar-refractivity contribution in [3.63, 3.8) is 0 Å². The van der Waals surface area contributed by atoms with Crippen molar-refractivity contribution >= 4 is 46.7 Å². The highest BCUT2D eigenvalue weighted by molar-refractivity contribution is 6.42. The molecule has 2 saturated carbocycles. The van der Waals surface area contributed by atoms with Gasteiger partial charge < -0.3 is 14.8 Å². The molecule has 8 heteroatoms. The van der Waals surface area contributed by atoms with Gasteiger partial charge in [0.1, 0.15) is 6.10 Å². The van der Waals surface area contributed by atoms with Crippen molar-refractivity contribution in [2.45, 2.75) is 18.9 Å². The lowest BCUT2D eigenvalue weighted by molar-refractivity contribution is -0.157. The van der Waals surface area contributed by atoms with E-state index in [4.69, 9.17) is 32.7 Å². The Bertz CT molecular complexity index is 765. The van der Waals surface area contributed by atoms with Crippen LogP contribution in [0.5, 0.6) is 0 Å². The van der Waals surface area contributed by atoms with Gasteiger partial charge in [-0.1, -0.05) is 23.2 Å². The van der Waals surface area contributed by atoms with Crippen molar-refractivity contribution < 1.29 is 23.9 Å². The molecule has 0 radical (unpaired) electrons. The second-order valence-electron chi connectivity index (χ2n) is 6.71. The van der Waals surface area contributed by atoms with E-state index in [1.54, 1.807) is 12.1 Å². The molecule has 2 aliphatic carbocycles. The molecule has 1 aliphatic heterocycles. The van der Waals surface area contributed by atoms with Crippen molar-refractivity contribution in [3.05, 3.63) is 28.2 Å². The van der Waals surface area contributed by atoms with Gasteiger partial charge in [0.05, 0.1) is 21.9 Å². The van der Waals surface area contributed by atoms with Crippen LogP contribution in [-0.2, 0) is 23.9 Å². The number of hydrogen-bond donors (Lipinski definition) is 1. The predicted octanol–water partition coefficient (Wildman–Crippen LogP) is 2.67. The van der Waals surface area contributed by atoms with Gasteiger partial charge in [-0.15, -0.1) is 0 Å². The maximum absolute atomic E-state index is 12.4. The Balaban J connectivity index is 1.34. The molecule has 1 amide bonds. The third-order valence-corrected chi connectivity index (χ3v) is 6.04. The lowest BCUT2D eigenvalue weighted by Crippen LogP contribution is -2.34. The highest BCUT2D eigenvalue weighted by Crippen LogP contribution is 2.57. The largest absolute Gasteiger partial charge is 0.462 e. The Morgan fingerprint density at radius 1 is 1.24 bits per heavy atom. The molecule has 6 nitrogen and oxygen atoms in total. The van der Waals surface area contributed by atoms with Gasteiger partial charge >= 0.3 is 11.9 Å². The van der Waals surface area contributed by atoms with Gasteiger partial charge in [0.25, 0.3) is 5.91 Å². The SMILES string of the molecule is O=C(COC(=O)[C@@H]1[C@@H]2C[C@@H]3[C@H]1C(=O)O[C@H]3C2)Nc1ccc(Cl)c(Cl)c1. The molecule has 0 unspecified atom stereocenters. The van der Waals surface area contributed by atoms with Crippen LogP contribution in [0.2, 0.25) is 10.0 Å². The molecule has 3 aliphatic rings. The van der Waals surface area contributed by atoms with E-state index in [1.807, 2.05) is 0 Å². The number of benzene rings is 1. The van der Waals surface area contributed by atoms with Gasteiger partial charge in [-0.3, -0.25) is 14.4 Å². The van der Waals surface area contributed by atoms with E-state index in [0.717, 1.165) is 6.42 Å². The van der Waals surface area contributed by atoms with Crippen molar-refractivity contribution in [2.75, 3.05) is 11.9 Å².